The predicted octanol–water partition coefficient (Wildman–Crippen LogP) is 5.22. The van der Waals surface area contributed by atoms with Crippen molar-refractivity contribution in [1.82, 2.24) is 15.1 Å². The van der Waals surface area contributed by atoms with E-state index in [0.717, 1.165) is 38.3 Å². The number of amides is 3. The normalized spacial score (nSPS) is 15.7. The summed E-state index contributed by atoms with van der Waals surface area (Å²) in [5.41, 5.74) is 3.70. The molecule has 1 aromatic heterocycles. The summed E-state index contributed by atoms with van der Waals surface area (Å²) in [6.45, 7) is 4.44. The average Bonchev–Trinajstić information content (AvgIpc) is 3.41. The van der Waals surface area contributed by atoms with E-state index in [-0.39, 0.29) is 11.9 Å². The number of aryl methyl sites for hydroxylation is 2. The fraction of sp³-hybridized carbons (Fsp3) is 0.273. The Morgan fingerprint density at radius 1 is 1.06 bits per heavy atom. The van der Waals surface area contributed by atoms with Gasteiger partial charge in [-0.25, -0.2) is 4.79 Å². The highest BCUT2D eigenvalue weighted by Gasteiger charge is 2.35. The van der Waals surface area contributed by atoms with Crippen molar-refractivity contribution in [2.75, 3.05) is 17.2 Å². The largest absolute Gasteiger partial charge is 0.322 e. The van der Waals surface area contributed by atoms with Crippen molar-refractivity contribution in [3.8, 4) is 10.6 Å². The highest BCUT2D eigenvalue weighted by molar-refractivity contribution is 9.10. The number of nitrogens with one attached hydrogen (secondary N) is 2. The Balaban J connectivity index is 1.43. The number of nitrogens with zero attached hydrogens (tertiary/aromatic N) is 3. The van der Waals surface area contributed by atoms with Gasteiger partial charge in [-0.15, -0.1) is 10.2 Å². The molecule has 2 N–H and O–H groups in total. The zero-order valence-electron chi connectivity index (χ0n) is 17.2. The van der Waals surface area contributed by atoms with Gasteiger partial charge in [0.2, 0.25) is 11.0 Å². The highest BCUT2D eigenvalue weighted by atomic mass is 79.9. The lowest BCUT2D eigenvalue weighted by molar-refractivity contribution is -0.119. The first-order chi connectivity index (χ1) is 14.9. The Morgan fingerprint density at radius 2 is 1.77 bits per heavy atom. The maximum atomic E-state index is 12.9. The molecule has 0 radical (unpaired) electrons. The van der Waals surface area contributed by atoms with Gasteiger partial charge in [0.25, 0.3) is 0 Å². The summed E-state index contributed by atoms with van der Waals surface area (Å²) in [7, 11) is 0. The van der Waals surface area contributed by atoms with Gasteiger partial charge in [-0.05, 0) is 49.9 Å². The number of rotatable bonds is 4. The molecule has 1 aliphatic heterocycles. The number of hydrogen-bond acceptors (Lipinski definition) is 5. The first-order valence-electron chi connectivity index (χ1n) is 9.96. The summed E-state index contributed by atoms with van der Waals surface area (Å²) in [5.74, 6) is -0.243. The van der Waals surface area contributed by atoms with E-state index in [1.165, 1.54) is 11.3 Å². The van der Waals surface area contributed by atoms with Crippen molar-refractivity contribution in [3.63, 3.8) is 0 Å². The second-order valence-corrected chi connectivity index (χ2v) is 9.35. The van der Waals surface area contributed by atoms with Crippen molar-refractivity contribution in [3.05, 3.63) is 58.1 Å². The molecule has 2 aromatic carbocycles. The van der Waals surface area contributed by atoms with Gasteiger partial charge in [0.15, 0.2) is 0 Å². The quantitative estimate of drug-likeness (QED) is 0.514. The van der Waals surface area contributed by atoms with E-state index in [1.54, 1.807) is 4.90 Å². The van der Waals surface area contributed by atoms with Crippen LogP contribution in [0.1, 0.15) is 24.0 Å². The molecule has 1 saturated heterocycles. The van der Waals surface area contributed by atoms with Crippen LogP contribution >= 0.6 is 27.3 Å². The smallest absolute Gasteiger partial charge is 0.312 e. The second kappa shape index (κ2) is 9.15. The lowest BCUT2D eigenvalue weighted by Crippen LogP contribution is -2.45. The molecule has 1 unspecified atom stereocenters. The Labute approximate surface area is 193 Å². The van der Waals surface area contributed by atoms with Gasteiger partial charge in [0, 0.05) is 22.3 Å². The lowest BCUT2D eigenvalue weighted by Gasteiger charge is -2.24. The Morgan fingerprint density at radius 3 is 2.48 bits per heavy atom. The van der Waals surface area contributed by atoms with E-state index in [1.807, 2.05) is 56.3 Å². The van der Waals surface area contributed by atoms with Crippen LogP contribution < -0.4 is 10.6 Å². The monoisotopic (exact) mass is 499 g/mol. The van der Waals surface area contributed by atoms with Crippen LogP contribution in [0.2, 0.25) is 0 Å². The molecule has 7 nitrogen and oxygen atoms in total. The fourth-order valence-electron chi connectivity index (χ4n) is 3.64. The molecule has 1 fully saturated rings. The number of aromatic nitrogens is 2. The molecule has 3 amide bonds. The van der Waals surface area contributed by atoms with Crippen molar-refractivity contribution < 1.29 is 9.59 Å². The van der Waals surface area contributed by atoms with Crippen molar-refractivity contribution in [2.24, 2.45) is 0 Å². The molecule has 4 rings (SSSR count). The van der Waals surface area contributed by atoms with Gasteiger partial charge in [0.1, 0.15) is 11.0 Å². The number of benzene rings is 2. The molecule has 1 aliphatic rings. The van der Waals surface area contributed by atoms with Gasteiger partial charge < -0.3 is 10.2 Å². The summed E-state index contributed by atoms with van der Waals surface area (Å²) in [6.07, 6.45) is 1.39. The molecular formula is C22H22BrN5O2S. The molecule has 9 heteroatoms. The summed E-state index contributed by atoms with van der Waals surface area (Å²) < 4.78 is 0.981. The summed E-state index contributed by atoms with van der Waals surface area (Å²) >= 11 is 4.72. The SMILES string of the molecule is Cc1cccc(C)c1NC(=O)N1CCCC1C(=O)Nc1nnc(-c2ccc(Br)cc2)s1. The van der Waals surface area contributed by atoms with Gasteiger partial charge in [-0.2, -0.15) is 0 Å². The van der Waals surface area contributed by atoms with Gasteiger partial charge in [-0.1, -0.05) is 57.6 Å². The van der Waals surface area contributed by atoms with Crippen LogP contribution in [-0.2, 0) is 4.79 Å². The van der Waals surface area contributed by atoms with Gasteiger partial charge in [0.05, 0.1) is 0 Å². The molecule has 0 bridgehead atoms. The molecule has 2 heterocycles. The van der Waals surface area contributed by atoms with Crippen molar-refractivity contribution in [1.29, 1.82) is 0 Å². The number of hydrogen-bond donors (Lipinski definition) is 2. The fourth-order valence-corrected chi connectivity index (χ4v) is 4.66. The zero-order chi connectivity index (χ0) is 22.0. The minimum atomic E-state index is -0.538. The van der Waals surface area contributed by atoms with Crippen LogP contribution in [0.4, 0.5) is 15.6 Å². The lowest BCUT2D eigenvalue weighted by atomic mass is 10.1. The molecule has 31 heavy (non-hydrogen) atoms. The average molecular weight is 500 g/mol. The maximum absolute atomic E-state index is 12.9. The number of halogens is 1. The molecular weight excluding hydrogens is 478 g/mol. The highest BCUT2D eigenvalue weighted by Crippen LogP contribution is 2.29. The number of para-hydroxylation sites is 1. The van der Waals surface area contributed by atoms with Crippen LogP contribution in [0.3, 0.4) is 0 Å². The minimum Gasteiger partial charge on any atom is -0.312 e. The van der Waals surface area contributed by atoms with Gasteiger partial charge in [-0.3, -0.25) is 10.1 Å². The third-order valence-electron chi connectivity index (χ3n) is 5.28. The standard InChI is InChI=1S/C22H22BrN5O2S/c1-13-5-3-6-14(2)18(13)24-22(30)28-12-4-7-17(28)19(29)25-21-27-26-20(31-21)15-8-10-16(23)11-9-15/h3,5-6,8-11,17H,4,7,12H2,1-2H3,(H,24,30)(H,25,27,29). The van der Waals surface area contributed by atoms with E-state index < -0.39 is 6.04 Å². The number of carbonyl (C=O) groups excluding carboxylic acids is 2. The van der Waals surface area contributed by atoms with Crippen LogP contribution in [-0.4, -0.2) is 39.6 Å². The number of likely N-dealkylation sites (tertiary alicyclic amines) is 1. The van der Waals surface area contributed by atoms with Crippen LogP contribution in [0.25, 0.3) is 10.6 Å². The van der Waals surface area contributed by atoms with E-state index in [9.17, 15) is 9.59 Å². The summed E-state index contributed by atoms with van der Waals surface area (Å²) in [4.78, 5) is 27.4. The molecule has 3 aromatic rings. The maximum Gasteiger partial charge on any atom is 0.322 e. The molecule has 1 atom stereocenters. The van der Waals surface area contributed by atoms with E-state index in [2.05, 4.69) is 36.8 Å². The third-order valence-corrected chi connectivity index (χ3v) is 6.69. The van der Waals surface area contributed by atoms with Crippen LogP contribution in [0, 0.1) is 13.8 Å². The third kappa shape index (κ3) is 4.77. The number of urea groups is 1. The Kier molecular flexibility index (Phi) is 6.33. The molecule has 0 aliphatic carbocycles. The van der Waals surface area contributed by atoms with Crippen molar-refractivity contribution >= 4 is 50.0 Å². The van der Waals surface area contributed by atoms with E-state index in [4.69, 9.17) is 0 Å². The Bertz CT molecular complexity index is 1100. The molecule has 0 spiro atoms. The molecule has 0 saturated carbocycles. The van der Waals surface area contributed by atoms with E-state index in [0.29, 0.717) is 18.1 Å². The summed E-state index contributed by atoms with van der Waals surface area (Å²) in [6, 6.07) is 12.8. The first kappa shape index (κ1) is 21.5. The minimum absolute atomic E-state index is 0.243. The van der Waals surface area contributed by atoms with Crippen LogP contribution in [0.15, 0.2) is 46.9 Å². The topological polar surface area (TPSA) is 87.2 Å². The molecule has 160 valence electrons. The van der Waals surface area contributed by atoms with Crippen LogP contribution in [0.5, 0.6) is 0 Å². The Hall–Kier alpha value is -2.78. The predicted molar refractivity (Wildman–Crippen MR) is 126 cm³/mol. The number of carbonyl (C=O) groups is 2. The summed E-state index contributed by atoms with van der Waals surface area (Å²) in [5, 5.41) is 15.2. The number of anilines is 2. The zero-order valence-corrected chi connectivity index (χ0v) is 19.6. The van der Waals surface area contributed by atoms with Crippen molar-refractivity contribution in [2.45, 2.75) is 32.7 Å². The van der Waals surface area contributed by atoms with Gasteiger partial charge >= 0.3 is 6.03 Å². The van der Waals surface area contributed by atoms with E-state index >= 15 is 0 Å². The first-order valence-corrected chi connectivity index (χ1v) is 11.6. The second-order valence-electron chi connectivity index (χ2n) is 7.46.